The molecule has 5 nitrogen and oxygen atoms in total. The molecule has 0 radical (unpaired) electrons. The van der Waals surface area contributed by atoms with Crippen LogP contribution in [-0.2, 0) is 9.59 Å². The van der Waals surface area contributed by atoms with Gasteiger partial charge in [-0.2, -0.15) is 11.8 Å². The van der Waals surface area contributed by atoms with Crippen molar-refractivity contribution in [2.75, 3.05) is 12.0 Å². The molecule has 0 saturated carbocycles. The molecule has 0 saturated heterocycles. The fourth-order valence-corrected chi connectivity index (χ4v) is 2.00. The lowest BCUT2D eigenvalue weighted by molar-refractivity contribution is -0.141. The fraction of sp³-hybridized carbons (Fsp3) is 0.286. The quantitative estimate of drug-likeness (QED) is 0.659. The summed E-state index contributed by atoms with van der Waals surface area (Å²) in [5.41, 5.74) is 6.46. The van der Waals surface area contributed by atoms with Crippen LogP contribution in [0.3, 0.4) is 0 Å². The molecule has 0 fully saturated rings. The highest BCUT2D eigenvalue weighted by molar-refractivity contribution is 7.98. The lowest BCUT2D eigenvalue weighted by Crippen LogP contribution is -2.43. The Bertz CT molecular complexity index is 488. The van der Waals surface area contributed by atoms with E-state index in [1.807, 2.05) is 36.6 Å². The van der Waals surface area contributed by atoms with Gasteiger partial charge in [0.2, 0.25) is 0 Å². The largest absolute Gasteiger partial charge is 0.480 e. The smallest absolute Gasteiger partial charge is 0.326 e. The van der Waals surface area contributed by atoms with E-state index in [1.54, 1.807) is 0 Å². The first kappa shape index (κ1) is 16.1. The summed E-state index contributed by atoms with van der Waals surface area (Å²) in [6.07, 6.45) is 3.76. The first-order valence-corrected chi connectivity index (χ1v) is 7.48. The van der Waals surface area contributed by atoms with E-state index in [1.165, 1.54) is 17.8 Å². The van der Waals surface area contributed by atoms with E-state index in [0.717, 1.165) is 5.56 Å². The number of carboxylic acids is 1. The highest BCUT2D eigenvalue weighted by Crippen LogP contribution is 2.05. The Morgan fingerprint density at radius 1 is 1.40 bits per heavy atom. The normalized spacial score (nSPS) is 12.8. The summed E-state index contributed by atoms with van der Waals surface area (Å²) in [7, 11) is 0. The summed E-state index contributed by atoms with van der Waals surface area (Å²) < 4.78 is 0. The van der Waals surface area contributed by atoms with Gasteiger partial charge in [0.05, 0.1) is 5.70 Å². The standard InChI is InChI=1S/C14H18N2O3S/c1-20-8-7-12(14(18)19)16-13(17)11(15)9-10-5-3-2-4-6-10/h2-6,9,12H,7-8,15H2,1H3,(H,16,17)(H,18,19)/t12-/m0/s1. The number of carbonyl (C=O) groups excluding carboxylic acids is 1. The molecule has 0 aliphatic carbocycles. The van der Waals surface area contributed by atoms with Gasteiger partial charge in [-0.1, -0.05) is 30.3 Å². The second kappa shape index (κ2) is 8.27. The third kappa shape index (κ3) is 5.36. The molecular weight excluding hydrogens is 276 g/mol. The van der Waals surface area contributed by atoms with Crippen molar-refractivity contribution in [1.82, 2.24) is 5.32 Å². The predicted octanol–water partition coefficient (Wildman–Crippen LogP) is 1.31. The Labute approximate surface area is 122 Å². The van der Waals surface area contributed by atoms with Gasteiger partial charge in [-0.15, -0.1) is 0 Å². The lowest BCUT2D eigenvalue weighted by Gasteiger charge is -2.13. The van der Waals surface area contributed by atoms with Gasteiger partial charge in [-0.05, 0) is 30.1 Å². The van der Waals surface area contributed by atoms with E-state index < -0.39 is 17.9 Å². The van der Waals surface area contributed by atoms with Crippen LogP contribution in [0.5, 0.6) is 0 Å². The second-order valence-corrected chi connectivity index (χ2v) is 5.14. The number of hydrogen-bond donors (Lipinski definition) is 3. The second-order valence-electron chi connectivity index (χ2n) is 4.16. The Morgan fingerprint density at radius 2 is 2.05 bits per heavy atom. The minimum Gasteiger partial charge on any atom is -0.480 e. The van der Waals surface area contributed by atoms with Crippen LogP contribution in [0.25, 0.3) is 6.08 Å². The third-order valence-electron chi connectivity index (χ3n) is 2.60. The molecule has 0 unspecified atom stereocenters. The molecule has 0 aliphatic heterocycles. The molecule has 1 amide bonds. The van der Waals surface area contributed by atoms with Crippen molar-refractivity contribution >= 4 is 29.7 Å². The topological polar surface area (TPSA) is 92.4 Å². The zero-order valence-corrected chi connectivity index (χ0v) is 12.0. The third-order valence-corrected chi connectivity index (χ3v) is 3.24. The number of nitrogens with one attached hydrogen (secondary N) is 1. The van der Waals surface area contributed by atoms with Gasteiger partial charge in [0.25, 0.3) is 5.91 Å². The van der Waals surface area contributed by atoms with E-state index in [-0.39, 0.29) is 5.70 Å². The van der Waals surface area contributed by atoms with Crippen LogP contribution in [0.15, 0.2) is 36.0 Å². The van der Waals surface area contributed by atoms with Crippen LogP contribution in [0, 0.1) is 0 Å². The molecule has 6 heteroatoms. The van der Waals surface area contributed by atoms with Gasteiger partial charge in [-0.3, -0.25) is 4.79 Å². The van der Waals surface area contributed by atoms with Gasteiger partial charge in [0, 0.05) is 0 Å². The number of carbonyl (C=O) groups is 2. The van der Waals surface area contributed by atoms with Crippen molar-refractivity contribution < 1.29 is 14.7 Å². The molecule has 0 spiro atoms. The Morgan fingerprint density at radius 3 is 2.60 bits per heavy atom. The Balaban J connectivity index is 2.68. The van der Waals surface area contributed by atoms with Crippen molar-refractivity contribution in [1.29, 1.82) is 0 Å². The number of carboxylic acid groups (broad SMARTS) is 1. The van der Waals surface area contributed by atoms with Gasteiger partial charge in [0.1, 0.15) is 6.04 Å². The van der Waals surface area contributed by atoms with Crippen LogP contribution in [-0.4, -0.2) is 35.0 Å². The fourth-order valence-electron chi connectivity index (χ4n) is 1.53. The van der Waals surface area contributed by atoms with Crippen molar-refractivity contribution in [3.63, 3.8) is 0 Å². The summed E-state index contributed by atoms with van der Waals surface area (Å²) in [5.74, 6) is -0.971. The van der Waals surface area contributed by atoms with Gasteiger partial charge < -0.3 is 16.2 Å². The molecule has 4 N–H and O–H groups in total. The summed E-state index contributed by atoms with van der Waals surface area (Å²) in [6.45, 7) is 0. The summed E-state index contributed by atoms with van der Waals surface area (Å²) in [4.78, 5) is 22.9. The molecule has 1 rings (SSSR count). The van der Waals surface area contributed by atoms with Crippen molar-refractivity contribution in [2.45, 2.75) is 12.5 Å². The minimum absolute atomic E-state index is 0.00778. The molecule has 0 bridgehead atoms. The maximum atomic E-state index is 11.9. The minimum atomic E-state index is -1.06. The van der Waals surface area contributed by atoms with Crippen molar-refractivity contribution in [3.8, 4) is 0 Å². The monoisotopic (exact) mass is 294 g/mol. The van der Waals surface area contributed by atoms with E-state index in [4.69, 9.17) is 10.8 Å². The highest BCUT2D eigenvalue weighted by atomic mass is 32.2. The number of thioether (sulfide) groups is 1. The molecule has 0 heterocycles. The molecule has 0 aromatic heterocycles. The maximum Gasteiger partial charge on any atom is 0.326 e. The zero-order chi connectivity index (χ0) is 15.0. The van der Waals surface area contributed by atoms with Crippen LogP contribution >= 0.6 is 11.8 Å². The van der Waals surface area contributed by atoms with Crippen LogP contribution < -0.4 is 11.1 Å². The highest BCUT2D eigenvalue weighted by Gasteiger charge is 2.20. The van der Waals surface area contributed by atoms with E-state index in [9.17, 15) is 9.59 Å². The van der Waals surface area contributed by atoms with E-state index in [0.29, 0.717) is 12.2 Å². The Hall–Kier alpha value is -1.95. The zero-order valence-electron chi connectivity index (χ0n) is 11.2. The molecule has 1 atom stereocenters. The molecular formula is C14H18N2O3S. The number of nitrogens with two attached hydrogens (primary N) is 1. The average molecular weight is 294 g/mol. The van der Waals surface area contributed by atoms with Gasteiger partial charge >= 0.3 is 5.97 Å². The molecule has 108 valence electrons. The molecule has 0 aliphatic rings. The SMILES string of the molecule is CSCC[C@H](NC(=O)C(N)=Cc1ccccc1)C(=O)O. The maximum absolute atomic E-state index is 11.9. The molecule has 1 aromatic carbocycles. The van der Waals surface area contributed by atoms with Gasteiger partial charge in [0.15, 0.2) is 0 Å². The number of benzene rings is 1. The van der Waals surface area contributed by atoms with E-state index in [2.05, 4.69) is 5.32 Å². The van der Waals surface area contributed by atoms with Gasteiger partial charge in [-0.25, -0.2) is 4.79 Å². The first-order valence-electron chi connectivity index (χ1n) is 6.09. The molecule has 1 aromatic rings. The van der Waals surface area contributed by atoms with Crippen molar-refractivity contribution in [2.24, 2.45) is 5.73 Å². The van der Waals surface area contributed by atoms with E-state index >= 15 is 0 Å². The number of hydrogen-bond acceptors (Lipinski definition) is 4. The average Bonchev–Trinajstić information content (AvgIpc) is 2.43. The summed E-state index contributed by atoms with van der Waals surface area (Å²) in [6, 6.07) is 8.21. The number of rotatable bonds is 7. The molecule has 20 heavy (non-hydrogen) atoms. The predicted molar refractivity (Wildman–Crippen MR) is 81.2 cm³/mol. The van der Waals surface area contributed by atoms with Crippen LogP contribution in [0.1, 0.15) is 12.0 Å². The number of amides is 1. The van der Waals surface area contributed by atoms with Crippen molar-refractivity contribution in [3.05, 3.63) is 41.6 Å². The number of aliphatic carboxylic acids is 1. The summed E-state index contributed by atoms with van der Waals surface area (Å²) in [5, 5.41) is 11.5. The Kier molecular flexibility index (Phi) is 6.66. The lowest BCUT2D eigenvalue weighted by atomic mass is 10.1. The van der Waals surface area contributed by atoms with Crippen LogP contribution in [0.2, 0.25) is 0 Å². The van der Waals surface area contributed by atoms with Crippen LogP contribution in [0.4, 0.5) is 0 Å². The summed E-state index contributed by atoms with van der Waals surface area (Å²) >= 11 is 1.52. The first-order chi connectivity index (χ1) is 9.54.